The first-order valence-corrected chi connectivity index (χ1v) is 6.78. The van der Waals surface area contributed by atoms with Crippen LogP contribution in [0.15, 0.2) is 0 Å². The summed E-state index contributed by atoms with van der Waals surface area (Å²) in [6.07, 6.45) is 3.32. The Hall–Kier alpha value is -0.260. The summed E-state index contributed by atoms with van der Waals surface area (Å²) in [4.78, 5) is 11.4. The van der Waals surface area contributed by atoms with Crippen molar-refractivity contribution in [1.29, 1.82) is 0 Å². The average molecular weight is 249 g/mol. The molecular formula is C11H23NO3S. The molecule has 0 amide bonds. The molecule has 0 spiro atoms. The largest absolute Gasteiger partial charge is 0.464 e. The Morgan fingerprint density at radius 2 is 2.12 bits per heavy atom. The fourth-order valence-electron chi connectivity index (χ4n) is 0.969. The quantitative estimate of drug-likeness (QED) is 0.659. The molecule has 0 aromatic carbocycles. The maximum Gasteiger partial charge on any atom is 0.322 e. The van der Waals surface area contributed by atoms with Crippen LogP contribution in [0.4, 0.5) is 0 Å². The van der Waals surface area contributed by atoms with Crippen LogP contribution in [-0.4, -0.2) is 43.3 Å². The van der Waals surface area contributed by atoms with Crippen LogP contribution >= 0.6 is 11.8 Å². The van der Waals surface area contributed by atoms with Gasteiger partial charge in [-0.15, -0.1) is 0 Å². The zero-order valence-electron chi connectivity index (χ0n) is 10.6. The second kappa shape index (κ2) is 7.92. The zero-order valence-corrected chi connectivity index (χ0v) is 11.4. The molecule has 96 valence electrons. The Morgan fingerprint density at radius 1 is 1.50 bits per heavy atom. The first-order chi connectivity index (χ1) is 7.43. The minimum absolute atomic E-state index is 0.260. The van der Waals surface area contributed by atoms with E-state index >= 15 is 0 Å². The van der Waals surface area contributed by atoms with Gasteiger partial charge in [-0.2, -0.15) is 11.8 Å². The fourth-order valence-corrected chi connectivity index (χ4v) is 1.46. The lowest BCUT2D eigenvalue weighted by Gasteiger charge is -2.22. The number of thioether (sulfide) groups is 1. The van der Waals surface area contributed by atoms with Gasteiger partial charge in [0.05, 0.1) is 12.2 Å². The lowest BCUT2D eigenvalue weighted by Crippen LogP contribution is -2.34. The molecule has 1 unspecified atom stereocenters. The third-order valence-electron chi connectivity index (χ3n) is 2.44. The van der Waals surface area contributed by atoms with Crippen LogP contribution in [0.3, 0.4) is 0 Å². The van der Waals surface area contributed by atoms with Gasteiger partial charge in [-0.05, 0) is 32.3 Å². The number of hydrogen-bond donors (Lipinski definition) is 1. The number of nitrogens with two attached hydrogens (primary N) is 1. The van der Waals surface area contributed by atoms with Crippen molar-refractivity contribution in [2.24, 2.45) is 5.73 Å². The number of methoxy groups -OCH3 is 1. The first kappa shape index (κ1) is 15.7. The van der Waals surface area contributed by atoms with E-state index in [0.717, 1.165) is 5.75 Å². The summed E-state index contributed by atoms with van der Waals surface area (Å²) in [6.45, 7) is 4.26. The van der Waals surface area contributed by atoms with Crippen molar-refractivity contribution in [2.75, 3.05) is 25.7 Å². The smallest absolute Gasteiger partial charge is 0.322 e. The molecule has 1 atom stereocenters. The monoisotopic (exact) mass is 249 g/mol. The molecule has 0 rings (SSSR count). The Balaban J connectivity index is 3.72. The van der Waals surface area contributed by atoms with Gasteiger partial charge in [0.25, 0.3) is 0 Å². The van der Waals surface area contributed by atoms with Gasteiger partial charge in [-0.25, -0.2) is 0 Å². The molecule has 0 aliphatic heterocycles. The minimum Gasteiger partial charge on any atom is -0.464 e. The highest BCUT2D eigenvalue weighted by Gasteiger charge is 2.19. The first-order valence-electron chi connectivity index (χ1n) is 5.39. The van der Waals surface area contributed by atoms with Crippen molar-refractivity contribution in [3.8, 4) is 0 Å². The van der Waals surface area contributed by atoms with E-state index in [0.29, 0.717) is 19.4 Å². The molecule has 0 aromatic heterocycles. The Kier molecular flexibility index (Phi) is 7.80. The summed E-state index contributed by atoms with van der Waals surface area (Å²) < 4.78 is 10.3. The zero-order chi connectivity index (χ0) is 12.6. The lowest BCUT2D eigenvalue weighted by molar-refractivity contribution is -0.146. The van der Waals surface area contributed by atoms with Crippen LogP contribution in [0.25, 0.3) is 0 Å². The van der Waals surface area contributed by atoms with Gasteiger partial charge in [-0.3, -0.25) is 4.79 Å². The summed E-state index contributed by atoms with van der Waals surface area (Å²) in [6, 6.07) is -0.502. The molecule has 0 radical (unpaired) electrons. The Labute approximate surface area is 102 Å². The van der Waals surface area contributed by atoms with E-state index in [4.69, 9.17) is 15.2 Å². The van der Waals surface area contributed by atoms with Gasteiger partial charge in [0.15, 0.2) is 0 Å². The molecule has 0 saturated heterocycles. The van der Waals surface area contributed by atoms with Gasteiger partial charge < -0.3 is 15.2 Å². The van der Waals surface area contributed by atoms with Crippen LogP contribution in [0.1, 0.15) is 26.7 Å². The number of esters is 1. The minimum atomic E-state index is -0.502. The molecule has 0 fully saturated rings. The van der Waals surface area contributed by atoms with Crippen molar-refractivity contribution in [2.45, 2.75) is 38.3 Å². The molecular weight excluding hydrogens is 226 g/mol. The molecule has 0 aromatic rings. The highest BCUT2D eigenvalue weighted by molar-refractivity contribution is 7.98. The van der Waals surface area contributed by atoms with Gasteiger partial charge in [0.1, 0.15) is 6.04 Å². The summed E-state index contributed by atoms with van der Waals surface area (Å²) in [7, 11) is 1.64. The van der Waals surface area contributed by atoms with Crippen LogP contribution in [0.5, 0.6) is 0 Å². The summed E-state index contributed by atoms with van der Waals surface area (Å²) in [5.41, 5.74) is 5.41. The van der Waals surface area contributed by atoms with Crippen molar-refractivity contribution in [3.05, 3.63) is 0 Å². The third kappa shape index (κ3) is 7.09. The van der Waals surface area contributed by atoms with Crippen molar-refractivity contribution in [3.63, 3.8) is 0 Å². The number of hydrogen-bond acceptors (Lipinski definition) is 5. The number of ether oxygens (including phenoxy) is 2. The standard InChI is InChI=1S/C11H23NO3S/c1-11(2,14-3)6-7-15-10(13)9(12)5-8-16-4/h9H,5-8,12H2,1-4H3. The molecule has 4 nitrogen and oxygen atoms in total. The third-order valence-corrected chi connectivity index (χ3v) is 3.08. The molecule has 5 heteroatoms. The molecule has 0 aliphatic rings. The highest BCUT2D eigenvalue weighted by atomic mass is 32.2. The predicted octanol–water partition coefficient (Wildman–Crippen LogP) is 1.43. The second-order valence-electron chi connectivity index (χ2n) is 4.27. The van der Waals surface area contributed by atoms with Crippen molar-refractivity contribution in [1.82, 2.24) is 0 Å². The topological polar surface area (TPSA) is 61.5 Å². The maximum absolute atomic E-state index is 11.4. The summed E-state index contributed by atoms with van der Waals surface area (Å²) in [5, 5.41) is 0. The fraction of sp³-hybridized carbons (Fsp3) is 0.909. The van der Waals surface area contributed by atoms with E-state index in [-0.39, 0.29) is 11.6 Å². The van der Waals surface area contributed by atoms with E-state index in [1.54, 1.807) is 18.9 Å². The summed E-state index contributed by atoms with van der Waals surface area (Å²) >= 11 is 1.67. The van der Waals surface area contributed by atoms with Crippen LogP contribution in [-0.2, 0) is 14.3 Å². The molecule has 16 heavy (non-hydrogen) atoms. The molecule has 0 aliphatic carbocycles. The molecule has 0 bridgehead atoms. The number of rotatable bonds is 8. The van der Waals surface area contributed by atoms with E-state index in [2.05, 4.69) is 0 Å². The van der Waals surface area contributed by atoms with Crippen LogP contribution in [0.2, 0.25) is 0 Å². The van der Waals surface area contributed by atoms with Gasteiger partial charge in [-0.1, -0.05) is 0 Å². The molecule has 0 saturated carbocycles. The molecule has 2 N–H and O–H groups in total. The number of carbonyl (C=O) groups is 1. The van der Waals surface area contributed by atoms with E-state index < -0.39 is 6.04 Å². The van der Waals surface area contributed by atoms with E-state index in [1.165, 1.54) is 0 Å². The Morgan fingerprint density at radius 3 is 2.62 bits per heavy atom. The predicted molar refractivity (Wildman–Crippen MR) is 67.6 cm³/mol. The SMILES string of the molecule is COC(C)(C)CCOC(=O)C(N)CCSC. The summed E-state index contributed by atoms with van der Waals surface area (Å²) in [5.74, 6) is 0.556. The Bertz CT molecular complexity index is 209. The normalized spacial score (nSPS) is 13.6. The van der Waals surface area contributed by atoms with Gasteiger partial charge in [0.2, 0.25) is 0 Å². The van der Waals surface area contributed by atoms with Gasteiger partial charge in [0, 0.05) is 13.5 Å². The van der Waals surface area contributed by atoms with E-state index in [9.17, 15) is 4.79 Å². The van der Waals surface area contributed by atoms with Gasteiger partial charge >= 0.3 is 5.97 Å². The molecule has 0 heterocycles. The highest BCUT2D eigenvalue weighted by Crippen LogP contribution is 2.12. The maximum atomic E-state index is 11.4. The van der Waals surface area contributed by atoms with Crippen molar-refractivity contribution < 1.29 is 14.3 Å². The van der Waals surface area contributed by atoms with Crippen LogP contribution in [0, 0.1) is 0 Å². The number of carbonyl (C=O) groups excluding carboxylic acids is 1. The van der Waals surface area contributed by atoms with Crippen LogP contribution < -0.4 is 5.73 Å². The average Bonchev–Trinajstić information content (AvgIpc) is 2.25. The van der Waals surface area contributed by atoms with Crippen molar-refractivity contribution >= 4 is 17.7 Å². The lowest BCUT2D eigenvalue weighted by atomic mass is 10.1. The van der Waals surface area contributed by atoms with E-state index in [1.807, 2.05) is 20.1 Å². The second-order valence-corrected chi connectivity index (χ2v) is 5.25.